The van der Waals surface area contributed by atoms with E-state index in [4.69, 9.17) is 5.11 Å². The maximum Gasteiger partial charge on any atom is 0.266 e. The summed E-state index contributed by atoms with van der Waals surface area (Å²) in [7, 11) is -2.25. The third-order valence-electron chi connectivity index (χ3n) is 4.41. The zero-order valence-corrected chi connectivity index (χ0v) is 17.0. The Labute approximate surface area is 173 Å². The highest BCUT2D eigenvalue weighted by molar-refractivity contribution is 7.92. The summed E-state index contributed by atoms with van der Waals surface area (Å²) in [4.78, 5) is 9.04. The minimum atomic E-state index is -3.89. The summed E-state index contributed by atoms with van der Waals surface area (Å²) in [6, 6.07) is 14.6. The van der Waals surface area contributed by atoms with Crippen molar-refractivity contribution in [2.75, 3.05) is 16.6 Å². The number of hydrogen-bond acceptors (Lipinski definition) is 7. The number of hydrogen-bond donors (Lipinski definition) is 3. The molecule has 0 saturated carbocycles. The largest absolute Gasteiger partial charge is 0.396 e. The van der Waals surface area contributed by atoms with Gasteiger partial charge in [0.25, 0.3) is 10.0 Å². The highest BCUT2D eigenvalue weighted by atomic mass is 32.2. The van der Waals surface area contributed by atoms with Gasteiger partial charge in [-0.15, -0.1) is 0 Å². The summed E-state index contributed by atoms with van der Waals surface area (Å²) in [5.41, 5.74) is 2.89. The number of nitrogens with zero attached hydrogens (tertiary/aromatic N) is 4. The number of aliphatic hydroxyl groups excluding tert-OH is 1. The van der Waals surface area contributed by atoms with Crippen LogP contribution in [0.1, 0.15) is 5.56 Å². The molecule has 0 fully saturated rings. The zero-order valence-electron chi connectivity index (χ0n) is 16.1. The SMILES string of the molecule is Cn1cc(S(=O)(=O)Nc2nc3ccccc3nc2Nc2ccc(CCO)cc2)cn1. The summed E-state index contributed by atoms with van der Waals surface area (Å²) in [5, 5.41) is 16.1. The highest BCUT2D eigenvalue weighted by Gasteiger charge is 2.20. The molecular formula is C20H20N6O3S. The first-order valence-electron chi connectivity index (χ1n) is 9.20. The van der Waals surface area contributed by atoms with Crippen molar-refractivity contribution in [3.05, 3.63) is 66.5 Å². The van der Waals surface area contributed by atoms with E-state index in [0.29, 0.717) is 23.1 Å². The number of aliphatic hydroxyl groups is 1. The van der Waals surface area contributed by atoms with E-state index in [0.717, 1.165) is 5.56 Å². The standard InChI is InChI=1S/C20H20N6O3S/c1-26-13-16(12-21-26)30(28,29)25-20-19(23-17-4-2-3-5-18(17)24-20)22-15-8-6-14(7-9-15)10-11-27/h2-9,12-13,27H,10-11H2,1H3,(H,22,23)(H,24,25). The zero-order chi connectivity index (χ0) is 21.1. The van der Waals surface area contributed by atoms with Gasteiger partial charge in [-0.1, -0.05) is 24.3 Å². The molecule has 2 aromatic heterocycles. The second kappa shape index (κ2) is 8.09. The Balaban J connectivity index is 1.72. The van der Waals surface area contributed by atoms with Gasteiger partial charge in [0.2, 0.25) is 0 Å². The van der Waals surface area contributed by atoms with Gasteiger partial charge in [0.15, 0.2) is 11.6 Å². The Morgan fingerprint density at radius 1 is 1.00 bits per heavy atom. The van der Waals surface area contributed by atoms with Crippen LogP contribution in [0.25, 0.3) is 11.0 Å². The molecule has 0 amide bonds. The molecule has 154 valence electrons. The molecule has 4 rings (SSSR count). The van der Waals surface area contributed by atoms with E-state index in [-0.39, 0.29) is 23.1 Å². The van der Waals surface area contributed by atoms with Crippen LogP contribution < -0.4 is 10.0 Å². The minimum Gasteiger partial charge on any atom is -0.396 e. The Hall–Kier alpha value is -3.50. The highest BCUT2D eigenvalue weighted by Crippen LogP contribution is 2.27. The first-order valence-corrected chi connectivity index (χ1v) is 10.7. The molecule has 4 aromatic rings. The summed E-state index contributed by atoms with van der Waals surface area (Å²) in [6.45, 7) is 0.0726. The molecule has 0 spiro atoms. The number of nitrogens with one attached hydrogen (secondary N) is 2. The second-order valence-corrected chi connectivity index (χ2v) is 8.34. The normalized spacial score (nSPS) is 11.5. The van der Waals surface area contributed by atoms with Gasteiger partial charge < -0.3 is 10.4 Å². The van der Waals surface area contributed by atoms with Crippen molar-refractivity contribution in [1.29, 1.82) is 0 Å². The molecule has 0 aliphatic heterocycles. The predicted octanol–water partition coefficient (Wildman–Crippen LogP) is 2.44. The number of benzene rings is 2. The molecule has 9 nitrogen and oxygen atoms in total. The molecular weight excluding hydrogens is 404 g/mol. The average molecular weight is 424 g/mol. The fraction of sp³-hybridized carbons (Fsp3) is 0.150. The number of para-hydroxylation sites is 2. The molecule has 0 radical (unpaired) electrons. The van der Waals surface area contributed by atoms with Gasteiger partial charge in [0.1, 0.15) is 4.90 Å². The van der Waals surface area contributed by atoms with Gasteiger partial charge in [-0.2, -0.15) is 5.10 Å². The maximum atomic E-state index is 12.8. The molecule has 2 aromatic carbocycles. The van der Waals surface area contributed by atoms with E-state index in [9.17, 15) is 8.42 Å². The fourth-order valence-electron chi connectivity index (χ4n) is 2.90. The van der Waals surface area contributed by atoms with Crippen LogP contribution in [0.2, 0.25) is 0 Å². The first-order chi connectivity index (χ1) is 14.4. The van der Waals surface area contributed by atoms with Crippen LogP contribution in [0.3, 0.4) is 0 Å². The van der Waals surface area contributed by atoms with Crippen molar-refractivity contribution in [2.24, 2.45) is 7.05 Å². The van der Waals surface area contributed by atoms with E-state index < -0.39 is 10.0 Å². The number of fused-ring (bicyclic) bond motifs is 1. The molecule has 0 aliphatic rings. The molecule has 10 heteroatoms. The predicted molar refractivity (Wildman–Crippen MR) is 114 cm³/mol. The van der Waals surface area contributed by atoms with Crippen LogP contribution in [0.15, 0.2) is 65.8 Å². The van der Waals surface area contributed by atoms with Crippen LogP contribution in [0.4, 0.5) is 17.3 Å². The Morgan fingerprint density at radius 2 is 1.67 bits per heavy atom. The monoisotopic (exact) mass is 424 g/mol. The van der Waals surface area contributed by atoms with Gasteiger partial charge in [-0.25, -0.2) is 18.4 Å². The number of rotatable bonds is 7. The Morgan fingerprint density at radius 3 is 2.27 bits per heavy atom. The lowest BCUT2D eigenvalue weighted by Gasteiger charge is -2.13. The van der Waals surface area contributed by atoms with Crippen LogP contribution in [0, 0.1) is 0 Å². The molecule has 0 saturated heterocycles. The smallest absolute Gasteiger partial charge is 0.266 e. The lowest BCUT2D eigenvalue weighted by Crippen LogP contribution is -2.15. The quantitative estimate of drug-likeness (QED) is 0.416. The lowest BCUT2D eigenvalue weighted by atomic mass is 10.1. The average Bonchev–Trinajstić information content (AvgIpc) is 3.17. The van der Waals surface area contributed by atoms with Gasteiger partial charge in [-0.05, 0) is 36.2 Å². The van der Waals surface area contributed by atoms with Crippen molar-refractivity contribution < 1.29 is 13.5 Å². The lowest BCUT2D eigenvalue weighted by molar-refractivity contribution is 0.299. The minimum absolute atomic E-state index is 0.0271. The van der Waals surface area contributed by atoms with Crippen LogP contribution in [-0.4, -0.2) is 39.9 Å². The van der Waals surface area contributed by atoms with Crippen molar-refractivity contribution in [2.45, 2.75) is 11.3 Å². The fourth-order valence-corrected chi connectivity index (χ4v) is 3.89. The van der Waals surface area contributed by atoms with E-state index in [1.807, 2.05) is 36.4 Å². The molecule has 3 N–H and O–H groups in total. The van der Waals surface area contributed by atoms with Crippen LogP contribution >= 0.6 is 0 Å². The van der Waals surface area contributed by atoms with Crippen LogP contribution in [0.5, 0.6) is 0 Å². The van der Waals surface area contributed by atoms with E-state index in [2.05, 4.69) is 25.1 Å². The van der Waals surface area contributed by atoms with Crippen molar-refractivity contribution in [3.63, 3.8) is 0 Å². The van der Waals surface area contributed by atoms with E-state index in [1.165, 1.54) is 17.1 Å². The molecule has 0 unspecified atom stereocenters. The third-order valence-corrected chi connectivity index (χ3v) is 5.70. The van der Waals surface area contributed by atoms with Crippen molar-refractivity contribution >= 4 is 38.4 Å². The molecule has 0 atom stereocenters. The second-order valence-electron chi connectivity index (χ2n) is 6.66. The number of anilines is 3. The van der Waals surface area contributed by atoms with E-state index >= 15 is 0 Å². The molecule has 2 heterocycles. The number of aryl methyl sites for hydroxylation is 1. The topological polar surface area (TPSA) is 122 Å². The first kappa shape index (κ1) is 19.8. The number of sulfonamides is 1. The third kappa shape index (κ3) is 4.24. The van der Waals surface area contributed by atoms with Gasteiger partial charge in [0, 0.05) is 25.5 Å². The Kier molecular flexibility index (Phi) is 5.34. The molecule has 0 aliphatic carbocycles. The number of aromatic nitrogens is 4. The molecule has 30 heavy (non-hydrogen) atoms. The maximum absolute atomic E-state index is 12.8. The van der Waals surface area contributed by atoms with Crippen molar-refractivity contribution in [3.8, 4) is 0 Å². The molecule has 0 bridgehead atoms. The van der Waals surface area contributed by atoms with E-state index in [1.54, 1.807) is 19.2 Å². The Bertz CT molecular complexity index is 1290. The summed E-state index contributed by atoms with van der Waals surface area (Å²) in [5.74, 6) is 0.355. The van der Waals surface area contributed by atoms with Gasteiger partial charge in [0.05, 0.1) is 17.2 Å². The summed E-state index contributed by atoms with van der Waals surface area (Å²) < 4.78 is 29.5. The summed E-state index contributed by atoms with van der Waals surface area (Å²) in [6.07, 6.45) is 3.24. The van der Waals surface area contributed by atoms with Crippen molar-refractivity contribution in [1.82, 2.24) is 19.7 Å². The van der Waals surface area contributed by atoms with Crippen LogP contribution in [-0.2, 0) is 23.5 Å². The van der Waals surface area contributed by atoms with Gasteiger partial charge >= 0.3 is 0 Å². The van der Waals surface area contributed by atoms with Gasteiger partial charge in [-0.3, -0.25) is 9.40 Å². The summed E-state index contributed by atoms with van der Waals surface area (Å²) >= 11 is 0.